The minimum atomic E-state index is 0.0441. The number of hydrogen-bond donors (Lipinski definition) is 3. The topological polar surface area (TPSA) is 88.3 Å². The van der Waals surface area contributed by atoms with E-state index in [2.05, 4.69) is 20.6 Å². The van der Waals surface area contributed by atoms with Crippen LogP contribution in [0.2, 0.25) is 0 Å². The molecule has 0 aliphatic carbocycles. The smallest absolute Gasteiger partial charge is 0.322 e. The Morgan fingerprint density at radius 1 is 0.935 bits per heavy atom. The standard InChI is InChI=1S/C23H23N6O2/c30-28-22-16-18(17-4-2-1-3-5-17)6-11-21(22)29(31)26-23(28)25-19-7-9-20(10-8-19)27-14-12-24-13-15-27/h1-11,16,24,30H,12-15H2,(H,25,26,31)/q+1. The molecule has 0 saturated carbocycles. The largest absolute Gasteiger partial charge is 0.425 e. The molecule has 0 atom stereocenters. The number of nitrogens with one attached hydrogen (secondary N) is 2. The minimum Gasteiger partial charge on any atom is -0.425 e. The number of benzene rings is 3. The number of aromatic nitrogens is 3. The second-order valence-electron chi connectivity index (χ2n) is 7.49. The Morgan fingerprint density at radius 3 is 2.42 bits per heavy atom. The minimum absolute atomic E-state index is 0.0441. The lowest BCUT2D eigenvalue weighted by atomic mass is 10.1. The summed E-state index contributed by atoms with van der Waals surface area (Å²) in [6, 6.07) is 23.0. The molecule has 156 valence electrons. The van der Waals surface area contributed by atoms with Crippen LogP contribution in [0.3, 0.4) is 0 Å². The SMILES string of the molecule is O=[n+]1nc(Nc2ccc(N3CCNCC3)cc2)n(O)c2cc(-c3ccccc3)ccc21. The Hall–Kier alpha value is -3.91. The van der Waals surface area contributed by atoms with Crippen molar-refractivity contribution in [3.05, 3.63) is 77.7 Å². The zero-order valence-corrected chi connectivity index (χ0v) is 16.9. The second-order valence-corrected chi connectivity index (χ2v) is 7.49. The lowest BCUT2D eigenvalue weighted by Crippen LogP contribution is -2.43. The highest BCUT2D eigenvalue weighted by atomic mass is 16.5. The molecular weight excluding hydrogens is 392 g/mol. The third-order valence-corrected chi connectivity index (χ3v) is 5.51. The first kappa shape index (κ1) is 19.1. The van der Waals surface area contributed by atoms with Gasteiger partial charge >= 0.3 is 11.5 Å². The third kappa shape index (κ3) is 3.80. The monoisotopic (exact) mass is 415 g/mol. The molecule has 0 amide bonds. The Balaban J connectivity index is 1.47. The molecule has 31 heavy (non-hydrogen) atoms. The van der Waals surface area contributed by atoms with E-state index < -0.39 is 0 Å². The van der Waals surface area contributed by atoms with Gasteiger partial charge in [-0.25, -0.2) is 0 Å². The predicted molar refractivity (Wildman–Crippen MR) is 121 cm³/mol. The van der Waals surface area contributed by atoms with Crippen molar-refractivity contribution in [1.29, 1.82) is 0 Å². The fraction of sp³-hybridized carbons (Fsp3) is 0.174. The van der Waals surface area contributed by atoms with Crippen LogP contribution in [0.25, 0.3) is 22.2 Å². The molecule has 5 rings (SSSR count). The third-order valence-electron chi connectivity index (χ3n) is 5.51. The summed E-state index contributed by atoms with van der Waals surface area (Å²) < 4.78 is 1.44. The van der Waals surface area contributed by atoms with E-state index in [1.165, 1.54) is 0 Å². The van der Waals surface area contributed by atoms with E-state index in [0.717, 1.165) is 53.4 Å². The lowest BCUT2D eigenvalue weighted by molar-refractivity contribution is -0.535. The van der Waals surface area contributed by atoms with Gasteiger partial charge in [-0.05, 0) is 47.5 Å². The first-order chi connectivity index (χ1) is 15.2. The number of piperazine rings is 1. The van der Waals surface area contributed by atoms with Gasteiger partial charge in [0.05, 0.1) is 10.0 Å². The van der Waals surface area contributed by atoms with Gasteiger partial charge in [0.2, 0.25) is 0 Å². The summed E-state index contributed by atoms with van der Waals surface area (Å²) in [5, 5.41) is 21.1. The van der Waals surface area contributed by atoms with Gasteiger partial charge in [-0.2, -0.15) is 0 Å². The van der Waals surface area contributed by atoms with Crippen molar-refractivity contribution in [2.24, 2.45) is 0 Å². The Morgan fingerprint density at radius 2 is 1.68 bits per heavy atom. The summed E-state index contributed by atoms with van der Waals surface area (Å²) >= 11 is 0. The van der Waals surface area contributed by atoms with Gasteiger partial charge in [-0.1, -0.05) is 30.3 Å². The maximum Gasteiger partial charge on any atom is 0.322 e. The highest BCUT2D eigenvalue weighted by molar-refractivity contribution is 5.80. The van der Waals surface area contributed by atoms with Crippen molar-refractivity contribution in [3.8, 4) is 11.1 Å². The molecule has 1 aliphatic heterocycles. The summed E-state index contributed by atoms with van der Waals surface area (Å²) in [5.74, 6) is 0.0441. The molecule has 2 heterocycles. The summed E-state index contributed by atoms with van der Waals surface area (Å²) in [6.45, 7) is 3.88. The average Bonchev–Trinajstić information content (AvgIpc) is 2.83. The average molecular weight is 415 g/mol. The van der Waals surface area contributed by atoms with Crippen molar-refractivity contribution in [3.63, 3.8) is 0 Å². The maximum absolute atomic E-state index is 12.5. The quantitative estimate of drug-likeness (QED) is 0.351. The molecule has 1 aliphatic rings. The van der Waals surface area contributed by atoms with Gasteiger partial charge in [0, 0.05) is 43.6 Å². The fourth-order valence-corrected chi connectivity index (χ4v) is 3.85. The first-order valence-corrected chi connectivity index (χ1v) is 10.3. The van der Waals surface area contributed by atoms with E-state index in [9.17, 15) is 10.1 Å². The van der Waals surface area contributed by atoms with Gasteiger partial charge in [-0.3, -0.25) is 0 Å². The van der Waals surface area contributed by atoms with Crippen molar-refractivity contribution in [1.82, 2.24) is 15.1 Å². The van der Waals surface area contributed by atoms with Crippen LogP contribution in [-0.2, 0) is 0 Å². The van der Waals surface area contributed by atoms with Crippen LogP contribution in [0.4, 0.5) is 17.3 Å². The Labute approximate surface area is 178 Å². The van der Waals surface area contributed by atoms with Crippen LogP contribution in [0.1, 0.15) is 0 Å². The first-order valence-electron chi connectivity index (χ1n) is 10.3. The summed E-state index contributed by atoms with van der Waals surface area (Å²) in [6.07, 6.45) is 0. The molecule has 3 aromatic carbocycles. The van der Waals surface area contributed by atoms with Crippen LogP contribution in [0.15, 0.2) is 72.8 Å². The molecule has 1 fully saturated rings. The molecule has 0 radical (unpaired) electrons. The van der Waals surface area contributed by atoms with Crippen LogP contribution < -0.4 is 20.1 Å². The van der Waals surface area contributed by atoms with Crippen LogP contribution in [0, 0.1) is 4.91 Å². The van der Waals surface area contributed by atoms with Gasteiger partial charge in [0.15, 0.2) is 10.1 Å². The Kier molecular flexibility index (Phi) is 4.97. The number of nitrogens with zero attached hydrogens (tertiary/aromatic N) is 4. The molecule has 3 N–H and O–H groups in total. The van der Waals surface area contributed by atoms with Gasteiger partial charge < -0.3 is 20.7 Å². The van der Waals surface area contributed by atoms with Gasteiger partial charge in [0.25, 0.3) is 0 Å². The highest BCUT2D eigenvalue weighted by Gasteiger charge is 2.19. The normalized spacial score (nSPS) is 14.0. The maximum atomic E-state index is 12.5. The number of anilines is 3. The van der Waals surface area contributed by atoms with E-state index in [4.69, 9.17) is 0 Å². The molecule has 8 nitrogen and oxygen atoms in total. The zero-order valence-electron chi connectivity index (χ0n) is 16.9. The van der Waals surface area contributed by atoms with Crippen LogP contribution in [-0.4, -0.2) is 41.2 Å². The van der Waals surface area contributed by atoms with Crippen molar-refractivity contribution >= 4 is 28.4 Å². The molecule has 4 aromatic rings. The highest BCUT2D eigenvalue weighted by Crippen LogP contribution is 2.25. The molecule has 0 bridgehead atoms. The van der Waals surface area contributed by atoms with Gasteiger partial charge in [-0.15, -0.1) is 4.73 Å². The van der Waals surface area contributed by atoms with Gasteiger partial charge in [0.1, 0.15) is 0 Å². The Bertz CT molecular complexity index is 1270. The number of fused-ring (bicyclic) bond motifs is 1. The lowest BCUT2D eigenvalue weighted by Gasteiger charge is -2.29. The second kappa shape index (κ2) is 8.08. The zero-order chi connectivity index (χ0) is 21.2. The van der Waals surface area contributed by atoms with E-state index in [-0.39, 0.29) is 11.5 Å². The molecule has 1 aromatic heterocycles. The number of rotatable bonds is 4. The molecular formula is C23H23N6O2+. The van der Waals surface area contributed by atoms with Crippen molar-refractivity contribution < 1.29 is 9.75 Å². The van der Waals surface area contributed by atoms with Crippen molar-refractivity contribution in [2.45, 2.75) is 0 Å². The molecule has 1 saturated heterocycles. The van der Waals surface area contributed by atoms with E-state index in [0.29, 0.717) is 10.1 Å². The molecule has 8 heteroatoms. The summed E-state index contributed by atoms with van der Waals surface area (Å²) in [5.41, 5.74) is 4.41. The van der Waals surface area contributed by atoms with E-state index >= 15 is 0 Å². The van der Waals surface area contributed by atoms with E-state index in [1.807, 2.05) is 60.7 Å². The van der Waals surface area contributed by atoms with E-state index in [1.54, 1.807) is 12.1 Å². The van der Waals surface area contributed by atoms with Crippen LogP contribution in [0.5, 0.6) is 0 Å². The van der Waals surface area contributed by atoms with Crippen molar-refractivity contribution in [2.75, 3.05) is 36.4 Å². The molecule has 0 unspecified atom stereocenters. The summed E-state index contributed by atoms with van der Waals surface area (Å²) in [4.78, 5) is 14.8. The molecule has 0 spiro atoms. The predicted octanol–water partition coefficient (Wildman–Crippen LogP) is 3.01. The summed E-state index contributed by atoms with van der Waals surface area (Å²) in [7, 11) is 0. The number of hydrogen-bond acceptors (Lipinski definition) is 6. The fourth-order valence-electron chi connectivity index (χ4n) is 3.85. The van der Waals surface area contributed by atoms with Crippen LogP contribution >= 0.6 is 0 Å².